The zero-order valence-electron chi connectivity index (χ0n) is 14.8. The van der Waals surface area contributed by atoms with Crippen molar-refractivity contribution in [2.24, 2.45) is 11.7 Å². The van der Waals surface area contributed by atoms with Crippen LogP contribution in [0.2, 0.25) is 0 Å². The first-order chi connectivity index (χ1) is 13.2. The van der Waals surface area contributed by atoms with Crippen molar-refractivity contribution < 1.29 is 31.9 Å². The topological polar surface area (TPSA) is 140 Å². The van der Waals surface area contributed by atoms with E-state index in [0.29, 0.717) is 0 Å². The summed E-state index contributed by atoms with van der Waals surface area (Å²) in [5, 5.41) is 8.86. The Kier molecular flexibility index (Phi) is 6.85. The maximum Gasteiger partial charge on any atom is 0.338 e. The van der Waals surface area contributed by atoms with Gasteiger partial charge in [0.05, 0.1) is 24.8 Å². The number of nitrogens with two attached hydrogens (primary N) is 1. The lowest BCUT2D eigenvalue weighted by Gasteiger charge is -2.26. The van der Waals surface area contributed by atoms with Gasteiger partial charge < -0.3 is 15.2 Å². The number of carbonyl (C=O) groups excluding carboxylic acids is 2. The van der Waals surface area contributed by atoms with Crippen LogP contribution in [0.1, 0.15) is 10.4 Å². The number of nitriles is 1. The molecule has 0 unspecified atom stereocenters. The molecule has 1 saturated heterocycles. The van der Waals surface area contributed by atoms with Crippen molar-refractivity contribution in [2.45, 2.75) is 4.90 Å². The second kappa shape index (κ2) is 8.92. The molecule has 1 aromatic carbocycles. The van der Waals surface area contributed by atoms with E-state index in [4.69, 9.17) is 20.5 Å². The molecule has 9 nitrogen and oxygen atoms in total. The number of morpholine rings is 1. The van der Waals surface area contributed by atoms with Crippen LogP contribution in [-0.4, -0.2) is 57.4 Å². The van der Waals surface area contributed by atoms with E-state index in [1.165, 1.54) is 0 Å². The Morgan fingerprint density at radius 2 is 2.04 bits per heavy atom. The first-order valence-corrected chi connectivity index (χ1v) is 9.53. The van der Waals surface area contributed by atoms with Crippen molar-refractivity contribution in [3.63, 3.8) is 0 Å². The minimum atomic E-state index is -4.18. The fourth-order valence-corrected chi connectivity index (χ4v) is 3.92. The number of benzene rings is 1. The molecule has 1 heterocycles. The van der Waals surface area contributed by atoms with Gasteiger partial charge in [0, 0.05) is 18.8 Å². The molecule has 1 fully saturated rings. The maximum absolute atomic E-state index is 14.1. The molecule has 0 bridgehead atoms. The van der Waals surface area contributed by atoms with Crippen LogP contribution in [0.25, 0.3) is 0 Å². The molecule has 150 valence electrons. The molecule has 11 heteroatoms. The third-order valence-corrected chi connectivity index (χ3v) is 5.84. The number of sulfonamides is 1. The van der Waals surface area contributed by atoms with Gasteiger partial charge in [-0.25, -0.2) is 17.6 Å². The van der Waals surface area contributed by atoms with E-state index >= 15 is 0 Å². The van der Waals surface area contributed by atoms with E-state index in [1.807, 2.05) is 0 Å². The summed E-state index contributed by atoms with van der Waals surface area (Å²) in [7, 11) is -4.18. The van der Waals surface area contributed by atoms with Crippen LogP contribution in [0.4, 0.5) is 4.39 Å². The van der Waals surface area contributed by atoms with Crippen molar-refractivity contribution in [3.8, 4) is 6.07 Å². The van der Waals surface area contributed by atoms with Crippen LogP contribution in [0.15, 0.2) is 35.4 Å². The SMILES string of the molecule is C=C(N)[C@H](C#N)C(=O)COC(=O)c1ccc(F)c(S(=O)(=O)N2CCOCC2)c1. The molecule has 1 aliphatic rings. The van der Waals surface area contributed by atoms with E-state index < -0.39 is 45.0 Å². The molecule has 0 saturated carbocycles. The number of nitrogens with zero attached hydrogens (tertiary/aromatic N) is 2. The van der Waals surface area contributed by atoms with Gasteiger partial charge in [-0.2, -0.15) is 9.57 Å². The fraction of sp³-hybridized carbons (Fsp3) is 0.353. The van der Waals surface area contributed by atoms with E-state index in [1.54, 1.807) is 6.07 Å². The highest BCUT2D eigenvalue weighted by molar-refractivity contribution is 7.89. The fourth-order valence-electron chi connectivity index (χ4n) is 2.42. The van der Waals surface area contributed by atoms with Crippen LogP contribution in [0, 0.1) is 23.1 Å². The molecular weight excluding hydrogens is 393 g/mol. The quantitative estimate of drug-likeness (QED) is 0.627. The number of hydrogen-bond donors (Lipinski definition) is 1. The highest BCUT2D eigenvalue weighted by atomic mass is 32.2. The van der Waals surface area contributed by atoms with E-state index in [-0.39, 0.29) is 37.6 Å². The van der Waals surface area contributed by atoms with Crippen LogP contribution in [0.3, 0.4) is 0 Å². The van der Waals surface area contributed by atoms with Crippen molar-refractivity contribution in [3.05, 3.63) is 41.9 Å². The third-order valence-electron chi connectivity index (χ3n) is 3.92. The number of ether oxygens (including phenoxy) is 2. The molecule has 2 rings (SSSR count). The van der Waals surface area contributed by atoms with Crippen molar-refractivity contribution >= 4 is 21.8 Å². The summed E-state index contributed by atoms with van der Waals surface area (Å²) >= 11 is 0. The van der Waals surface area contributed by atoms with Crippen LogP contribution in [-0.2, 0) is 24.3 Å². The molecule has 0 radical (unpaired) electrons. The van der Waals surface area contributed by atoms with Crippen molar-refractivity contribution in [1.29, 1.82) is 5.26 Å². The van der Waals surface area contributed by atoms with Gasteiger partial charge in [-0.3, -0.25) is 4.79 Å². The molecule has 1 aromatic rings. The summed E-state index contributed by atoms with van der Waals surface area (Å²) in [6.45, 7) is 3.00. The summed E-state index contributed by atoms with van der Waals surface area (Å²) < 4.78 is 50.3. The van der Waals surface area contributed by atoms with Gasteiger partial charge in [0.2, 0.25) is 10.0 Å². The lowest BCUT2D eigenvalue weighted by atomic mass is 10.0. The van der Waals surface area contributed by atoms with Crippen LogP contribution in [0.5, 0.6) is 0 Å². The molecule has 0 aromatic heterocycles. The number of Topliss-reactive ketones (excluding diaryl/α,β-unsaturated/α-hetero) is 1. The molecule has 0 aliphatic carbocycles. The minimum absolute atomic E-state index is 0.0590. The van der Waals surface area contributed by atoms with Gasteiger partial charge in [-0.1, -0.05) is 6.58 Å². The first-order valence-electron chi connectivity index (χ1n) is 8.09. The summed E-state index contributed by atoms with van der Waals surface area (Å²) in [5.74, 6) is -4.20. The van der Waals surface area contributed by atoms with Gasteiger partial charge >= 0.3 is 5.97 Å². The third kappa shape index (κ3) is 4.72. The predicted molar refractivity (Wildman–Crippen MR) is 93.7 cm³/mol. The second-order valence-corrected chi connectivity index (χ2v) is 7.75. The summed E-state index contributed by atoms with van der Waals surface area (Å²) in [6.07, 6.45) is 0. The average molecular weight is 411 g/mol. The maximum atomic E-state index is 14.1. The molecule has 1 atom stereocenters. The molecular formula is C17H18FN3O6S. The van der Waals surface area contributed by atoms with Crippen LogP contribution < -0.4 is 5.73 Å². The van der Waals surface area contributed by atoms with Gasteiger partial charge in [0.1, 0.15) is 16.6 Å². The van der Waals surface area contributed by atoms with E-state index in [9.17, 15) is 22.4 Å². The monoisotopic (exact) mass is 411 g/mol. The van der Waals surface area contributed by atoms with Crippen molar-refractivity contribution in [2.75, 3.05) is 32.9 Å². The lowest BCUT2D eigenvalue weighted by Crippen LogP contribution is -2.41. The smallest absolute Gasteiger partial charge is 0.338 e. The number of halogens is 1. The number of esters is 1. The normalized spacial score (nSPS) is 16.0. The number of carbonyl (C=O) groups is 2. The number of ketones is 1. The largest absolute Gasteiger partial charge is 0.454 e. The first kappa shape index (κ1) is 21.5. The highest BCUT2D eigenvalue weighted by Crippen LogP contribution is 2.22. The lowest BCUT2D eigenvalue weighted by molar-refractivity contribution is -0.123. The Morgan fingerprint density at radius 1 is 1.39 bits per heavy atom. The number of allylic oxidation sites excluding steroid dienone is 1. The Hall–Kier alpha value is -2.81. The van der Waals surface area contributed by atoms with E-state index in [0.717, 1.165) is 22.5 Å². The molecule has 1 aliphatic heterocycles. The van der Waals surface area contributed by atoms with Crippen molar-refractivity contribution in [1.82, 2.24) is 4.31 Å². The Morgan fingerprint density at radius 3 is 2.61 bits per heavy atom. The Bertz CT molecular complexity index is 935. The summed E-state index contributed by atoms with van der Waals surface area (Å²) in [4.78, 5) is 23.3. The second-order valence-electron chi connectivity index (χ2n) is 5.84. The zero-order chi connectivity index (χ0) is 20.9. The standard InChI is InChI=1S/C17H18FN3O6S/c1-11(20)13(9-19)15(22)10-27-17(23)12-2-3-14(18)16(8-12)28(24,25)21-4-6-26-7-5-21/h2-3,8,13H,1,4-7,10,20H2/t13-/m0/s1. The molecule has 0 spiro atoms. The molecule has 2 N–H and O–H groups in total. The zero-order valence-corrected chi connectivity index (χ0v) is 15.6. The van der Waals surface area contributed by atoms with Crippen LogP contribution >= 0.6 is 0 Å². The predicted octanol–water partition coefficient (Wildman–Crippen LogP) is 0.185. The van der Waals surface area contributed by atoms with Gasteiger partial charge in [0.25, 0.3) is 0 Å². The minimum Gasteiger partial charge on any atom is -0.454 e. The Balaban J connectivity index is 2.18. The van der Waals surface area contributed by atoms with Gasteiger partial charge in [-0.05, 0) is 18.2 Å². The molecule has 28 heavy (non-hydrogen) atoms. The average Bonchev–Trinajstić information content (AvgIpc) is 2.67. The Labute approximate surface area is 161 Å². The van der Waals surface area contributed by atoms with Gasteiger partial charge in [0.15, 0.2) is 12.4 Å². The summed E-state index contributed by atoms with van der Waals surface area (Å²) in [5.41, 5.74) is 4.87. The van der Waals surface area contributed by atoms with Gasteiger partial charge in [-0.15, -0.1) is 0 Å². The number of rotatable bonds is 7. The highest BCUT2D eigenvalue weighted by Gasteiger charge is 2.30. The summed E-state index contributed by atoms with van der Waals surface area (Å²) in [6, 6.07) is 4.33. The molecule has 0 amide bonds. The number of hydrogen-bond acceptors (Lipinski definition) is 8. The van der Waals surface area contributed by atoms with E-state index in [2.05, 4.69) is 6.58 Å².